The van der Waals surface area contributed by atoms with Crippen molar-refractivity contribution < 1.29 is 14.3 Å². The van der Waals surface area contributed by atoms with E-state index in [1.807, 2.05) is 23.1 Å². The molecule has 2 amide bonds. The van der Waals surface area contributed by atoms with Gasteiger partial charge in [-0.3, -0.25) is 0 Å². The monoisotopic (exact) mass is 440 g/mol. The molecular formula is C23H28N4O3S. The average Bonchev–Trinajstić information content (AvgIpc) is 3.27. The van der Waals surface area contributed by atoms with E-state index in [-0.39, 0.29) is 6.03 Å². The number of aryl methyl sites for hydroxylation is 2. The molecule has 8 heteroatoms. The number of nitrogens with one attached hydrogen (secondary N) is 1. The standard InChI is InChI=1S/C23H28N4O3S/c1-15-5-6-16(2)21-20(15)25-23(31-21)27-11-9-26(10-12-27)22(28)24-14-17-7-8-18(29-3)19(13-17)30-4/h5-8,13H,9-12,14H2,1-4H3,(H,24,28). The van der Waals surface area contributed by atoms with E-state index in [1.54, 1.807) is 25.6 Å². The van der Waals surface area contributed by atoms with Crippen LogP contribution in [0.1, 0.15) is 16.7 Å². The van der Waals surface area contributed by atoms with Gasteiger partial charge in [-0.15, -0.1) is 0 Å². The number of thiazole rings is 1. The summed E-state index contributed by atoms with van der Waals surface area (Å²) in [6.07, 6.45) is 0. The van der Waals surface area contributed by atoms with Gasteiger partial charge in [0, 0.05) is 32.7 Å². The number of methoxy groups -OCH3 is 2. The molecule has 31 heavy (non-hydrogen) atoms. The Morgan fingerprint density at radius 1 is 1.03 bits per heavy atom. The Bertz CT molecular complexity index is 1050. The quantitative estimate of drug-likeness (QED) is 0.650. The van der Waals surface area contributed by atoms with Crippen LogP contribution in [0.25, 0.3) is 10.2 Å². The molecule has 2 aromatic carbocycles. The summed E-state index contributed by atoms with van der Waals surface area (Å²) < 4.78 is 11.8. The van der Waals surface area contributed by atoms with Crippen molar-refractivity contribution in [3.63, 3.8) is 0 Å². The smallest absolute Gasteiger partial charge is 0.317 e. The molecule has 0 spiro atoms. The van der Waals surface area contributed by atoms with Gasteiger partial charge in [0.05, 0.1) is 24.4 Å². The molecule has 1 fully saturated rings. The van der Waals surface area contributed by atoms with Crippen molar-refractivity contribution >= 4 is 32.7 Å². The molecule has 1 saturated heterocycles. The maximum atomic E-state index is 12.6. The number of aromatic nitrogens is 1. The van der Waals surface area contributed by atoms with Crippen molar-refractivity contribution in [3.05, 3.63) is 47.0 Å². The number of hydrogen-bond acceptors (Lipinski definition) is 6. The summed E-state index contributed by atoms with van der Waals surface area (Å²) in [5.74, 6) is 1.33. The topological polar surface area (TPSA) is 66.9 Å². The van der Waals surface area contributed by atoms with Crippen LogP contribution < -0.4 is 19.7 Å². The Labute approximate surface area is 186 Å². The van der Waals surface area contributed by atoms with Crippen LogP contribution in [0, 0.1) is 13.8 Å². The molecule has 0 atom stereocenters. The van der Waals surface area contributed by atoms with Crippen molar-refractivity contribution in [2.24, 2.45) is 0 Å². The lowest BCUT2D eigenvalue weighted by atomic mass is 10.1. The maximum Gasteiger partial charge on any atom is 0.317 e. The van der Waals surface area contributed by atoms with Crippen LogP contribution in [0.2, 0.25) is 0 Å². The second-order valence-corrected chi connectivity index (χ2v) is 8.67. The average molecular weight is 441 g/mol. The fourth-order valence-electron chi connectivity index (χ4n) is 3.76. The highest BCUT2D eigenvalue weighted by molar-refractivity contribution is 7.22. The fourth-order valence-corrected chi connectivity index (χ4v) is 4.93. The number of anilines is 1. The Kier molecular flexibility index (Phi) is 6.18. The Morgan fingerprint density at radius 2 is 1.74 bits per heavy atom. The summed E-state index contributed by atoms with van der Waals surface area (Å²) in [7, 11) is 3.21. The second-order valence-electron chi connectivity index (χ2n) is 7.70. The third-order valence-electron chi connectivity index (χ3n) is 5.66. The summed E-state index contributed by atoms with van der Waals surface area (Å²) in [6.45, 7) is 7.58. The second kappa shape index (κ2) is 9.01. The predicted molar refractivity (Wildman–Crippen MR) is 125 cm³/mol. The molecule has 1 N–H and O–H groups in total. The molecule has 2 heterocycles. The van der Waals surface area contributed by atoms with E-state index >= 15 is 0 Å². The lowest BCUT2D eigenvalue weighted by molar-refractivity contribution is 0.194. The molecule has 0 aliphatic carbocycles. The van der Waals surface area contributed by atoms with E-state index in [2.05, 4.69) is 36.2 Å². The van der Waals surface area contributed by atoms with Crippen molar-refractivity contribution in [1.82, 2.24) is 15.2 Å². The van der Waals surface area contributed by atoms with Crippen molar-refractivity contribution in [1.29, 1.82) is 0 Å². The van der Waals surface area contributed by atoms with Crippen molar-refractivity contribution in [2.45, 2.75) is 20.4 Å². The number of nitrogens with zero attached hydrogens (tertiary/aromatic N) is 3. The van der Waals surface area contributed by atoms with Gasteiger partial charge in [0.2, 0.25) is 0 Å². The van der Waals surface area contributed by atoms with Gasteiger partial charge in [0.25, 0.3) is 0 Å². The molecule has 0 bridgehead atoms. The summed E-state index contributed by atoms with van der Waals surface area (Å²) in [4.78, 5) is 21.7. The van der Waals surface area contributed by atoms with Gasteiger partial charge in [-0.2, -0.15) is 0 Å². The zero-order valence-corrected chi connectivity index (χ0v) is 19.2. The van der Waals surface area contributed by atoms with Crippen LogP contribution >= 0.6 is 11.3 Å². The number of amides is 2. The first-order valence-electron chi connectivity index (χ1n) is 10.4. The van der Waals surface area contributed by atoms with Crippen LogP contribution in [0.4, 0.5) is 9.93 Å². The lowest BCUT2D eigenvalue weighted by Gasteiger charge is -2.34. The summed E-state index contributed by atoms with van der Waals surface area (Å²) in [5, 5.41) is 4.05. The minimum absolute atomic E-state index is 0.0505. The third kappa shape index (κ3) is 4.39. The van der Waals surface area contributed by atoms with E-state index in [0.29, 0.717) is 31.1 Å². The van der Waals surface area contributed by atoms with Crippen molar-refractivity contribution in [3.8, 4) is 11.5 Å². The zero-order valence-electron chi connectivity index (χ0n) is 18.4. The minimum Gasteiger partial charge on any atom is -0.493 e. The van der Waals surface area contributed by atoms with E-state index in [4.69, 9.17) is 14.5 Å². The summed E-state index contributed by atoms with van der Waals surface area (Å²) >= 11 is 1.74. The number of piperazine rings is 1. The number of ether oxygens (including phenoxy) is 2. The first kappa shape index (κ1) is 21.2. The number of carbonyl (C=O) groups excluding carboxylic acids is 1. The number of carbonyl (C=O) groups is 1. The highest BCUT2D eigenvalue weighted by Crippen LogP contribution is 2.33. The maximum absolute atomic E-state index is 12.6. The fraction of sp³-hybridized carbons (Fsp3) is 0.391. The summed E-state index contributed by atoms with van der Waals surface area (Å²) in [5.41, 5.74) is 4.52. The Morgan fingerprint density at radius 3 is 2.42 bits per heavy atom. The van der Waals surface area contributed by atoms with Crippen LogP contribution in [-0.4, -0.2) is 56.3 Å². The Balaban J connectivity index is 1.34. The molecule has 4 rings (SSSR count). The Hall–Kier alpha value is -3.00. The van der Waals surface area contributed by atoms with Gasteiger partial charge in [-0.05, 0) is 42.7 Å². The molecule has 0 unspecified atom stereocenters. The largest absolute Gasteiger partial charge is 0.493 e. The molecule has 1 aliphatic heterocycles. The van der Waals surface area contributed by atoms with Crippen molar-refractivity contribution in [2.75, 3.05) is 45.3 Å². The van der Waals surface area contributed by atoms with E-state index in [0.717, 1.165) is 29.3 Å². The zero-order chi connectivity index (χ0) is 22.0. The highest BCUT2D eigenvalue weighted by Gasteiger charge is 2.23. The molecule has 0 radical (unpaired) electrons. The number of benzene rings is 2. The first-order valence-corrected chi connectivity index (χ1v) is 11.2. The molecular weight excluding hydrogens is 412 g/mol. The van der Waals surface area contributed by atoms with Gasteiger partial charge >= 0.3 is 6.03 Å². The molecule has 164 valence electrons. The van der Waals surface area contributed by atoms with Crippen LogP contribution in [0.5, 0.6) is 11.5 Å². The van der Waals surface area contributed by atoms with E-state index < -0.39 is 0 Å². The molecule has 0 saturated carbocycles. The number of fused-ring (bicyclic) bond motifs is 1. The van der Waals surface area contributed by atoms with Crippen LogP contribution in [0.15, 0.2) is 30.3 Å². The van der Waals surface area contributed by atoms with Gasteiger partial charge in [-0.25, -0.2) is 9.78 Å². The van der Waals surface area contributed by atoms with Gasteiger partial charge in [0.1, 0.15) is 0 Å². The first-order chi connectivity index (χ1) is 15.0. The molecule has 7 nitrogen and oxygen atoms in total. The predicted octanol–water partition coefficient (Wildman–Crippen LogP) is 3.96. The van der Waals surface area contributed by atoms with Gasteiger partial charge < -0.3 is 24.6 Å². The lowest BCUT2D eigenvalue weighted by Crippen LogP contribution is -2.51. The number of hydrogen-bond donors (Lipinski definition) is 1. The number of urea groups is 1. The third-order valence-corrected chi connectivity index (χ3v) is 6.91. The molecule has 1 aromatic heterocycles. The number of rotatable bonds is 5. The summed E-state index contributed by atoms with van der Waals surface area (Å²) in [6, 6.07) is 9.89. The van der Waals surface area contributed by atoms with Crippen LogP contribution in [-0.2, 0) is 6.54 Å². The van der Waals surface area contributed by atoms with E-state index in [9.17, 15) is 4.79 Å². The van der Waals surface area contributed by atoms with Gasteiger partial charge in [0.15, 0.2) is 16.6 Å². The minimum atomic E-state index is -0.0505. The molecule has 1 aliphatic rings. The highest BCUT2D eigenvalue weighted by atomic mass is 32.1. The normalized spacial score (nSPS) is 14.1. The molecule has 3 aromatic rings. The SMILES string of the molecule is COc1ccc(CNC(=O)N2CCN(c3nc4c(C)ccc(C)c4s3)CC2)cc1OC. The van der Waals surface area contributed by atoms with Gasteiger partial charge in [-0.1, -0.05) is 29.5 Å². The van der Waals surface area contributed by atoms with Crippen LogP contribution in [0.3, 0.4) is 0 Å². The van der Waals surface area contributed by atoms with E-state index in [1.165, 1.54) is 15.8 Å².